The van der Waals surface area contributed by atoms with Crippen LogP contribution in [-0.2, 0) is 0 Å². The van der Waals surface area contributed by atoms with E-state index in [4.69, 9.17) is 0 Å². The van der Waals surface area contributed by atoms with E-state index in [1.165, 1.54) is 0 Å². The van der Waals surface area contributed by atoms with Crippen LogP contribution in [0.15, 0.2) is 10.7 Å². The van der Waals surface area contributed by atoms with Gasteiger partial charge >= 0.3 is 10.8 Å². The molecule has 0 spiro atoms. The Balaban J connectivity index is 4.32. The predicted molar refractivity (Wildman–Crippen MR) is 30.1 cm³/mol. The van der Waals surface area contributed by atoms with Gasteiger partial charge in [-0.25, -0.2) is 0 Å². The Kier molecular flexibility index (Phi) is 2.82. The summed E-state index contributed by atoms with van der Waals surface area (Å²) in [6, 6.07) is 0. The number of hydrogen-bond donors (Lipinski definition) is 0. The minimum Gasteiger partial charge on any atom is -0.258 e. The van der Waals surface area contributed by atoms with Crippen molar-refractivity contribution in [3.05, 3.63) is 20.8 Å². The third-order valence-corrected chi connectivity index (χ3v) is 0.976. The Labute approximate surface area is 61.8 Å². The van der Waals surface area contributed by atoms with Crippen molar-refractivity contribution in [2.24, 2.45) is 0 Å². The molecule has 0 unspecified atom stereocenters. The van der Waals surface area contributed by atoms with Crippen LogP contribution < -0.4 is 0 Å². The topological polar surface area (TPSA) is 43.1 Å². The van der Waals surface area contributed by atoms with Gasteiger partial charge in [-0.3, -0.25) is 10.1 Å². The molecule has 0 amide bonds. The highest BCUT2D eigenvalue weighted by atomic mass is 79.9. The minimum absolute atomic E-state index is 0.438. The lowest BCUT2D eigenvalue weighted by Crippen LogP contribution is -2.04. The molecule has 3 nitrogen and oxygen atoms in total. The fourth-order valence-electron chi connectivity index (χ4n) is 0.188. The van der Waals surface area contributed by atoms with E-state index in [2.05, 4.69) is 15.9 Å². The van der Waals surface area contributed by atoms with Crippen LogP contribution in [-0.4, -0.2) is 11.1 Å². The fraction of sp³-hybridized carbons (Fsp3) is 0.333. The van der Waals surface area contributed by atoms with Gasteiger partial charge in [0, 0.05) is 15.9 Å². The molecule has 0 bridgehead atoms. The van der Waals surface area contributed by atoms with Crippen LogP contribution in [0.3, 0.4) is 0 Å². The summed E-state index contributed by atoms with van der Waals surface area (Å²) in [4.78, 5) is 8.39. The first-order valence-electron chi connectivity index (χ1n) is 1.92. The Morgan fingerprint density at radius 1 is 1.60 bits per heavy atom. The van der Waals surface area contributed by atoms with Gasteiger partial charge in [-0.2, -0.15) is 13.2 Å². The van der Waals surface area contributed by atoms with Crippen LogP contribution in [0.5, 0.6) is 0 Å². The Bertz CT molecular complexity index is 175. The molecule has 0 saturated carbocycles. The standard InChI is InChI=1S/C3HBrF3NO2/c4-2(8(9)10)1-3(5,6)7/h1H. The molecule has 10 heavy (non-hydrogen) atoms. The Morgan fingerprint density at radius 3 is 2.10 bits per heavy atom. The van der Waals surface area contributed by atoms with Gasteiger partial charge in [-0.15, -0.1) is 0 Å². The molecule has 0 aromatic carbocycles. The van der Waals surface area contributed by atoms with Crippen molar-refractivity contribution in [1.82, 2.24) is 0 Å². The van der Waals surface area contributed by atoms with Crippen LogP contribution in [0.1, 0.15) is 0 Å². The summed E-state index contributed by atoms with van der Waals surface area (Å²) in [7, 11) is 0. The van der Waals surface area contributed by atoms with Gasteiger partial charge in [0.1, 0.15) is 6.08 Å². The normalized spacial score (nSPS) is 13.4. The minimum atomic E-state index is -4.65. The van der Waals surface area contributed by atoms with Gasteiger partial charge in [-0.1, -0.05) is 0 Å². The molecular formula is C3HBrF3NO2. The summed E-state index contributed by atoms with van der Waals surface area (Å²) in [5, 5.41) is 9.57. The zero-order valence-corrected chi connectivity index (χ0v) is 5.94. The van der Waals surface area contributed by atoms with Crippen molar-refractivity contribution >= 4 is 15.9 Å². The highest BCUT2D eigenvalue weighted by Crippen LogP contribution is 2.20. The first kappa shape index (κ1) is 9.41. The maximum atomic E-state index is 11.3. The van der Waals surface area contributed by atoms with Crippen LogP contribution in [0.25, 0.3) is 0 Å². The number of alkyl halides is 3. The maximum absolute atomic E-state index is 11.3. The second kappa shape index (κ2) is 3.00. The van der Waals surface area contributed by atoms with E-state index < -0.39 is 21.8 Å². The molecule has 0 N–H and O–H groups in total. The van der Waals surface area contributed by atoms with Crippen molar-refractivity contribution in [2.45, 2.75) is 6.18 Å². The van der Waals surface area contributed by atoms with Crippen LogP contribution in [0.4, 0.5) is 13.2 Å². The van der Waals surface area contributed by atoms with E-state index in [1.807, 2.05) is 0 Å². The molecule has 0 fully saturated rings. The summed E-state index contributed by atoms with van der Waals surface area (Å²) in [5.41, 5.74) is 0. The molecule has 0 aliphatic rings. The summed E-state index contributed by atoms with van der Waals surface area (Å²) < 4.78 is 32.7. The average Bonchev–Trinajstić information content (AvgIpc) is 1.60. The number of rotatable bonds is 1. The van der Waals surface area contributed by atoms with Crippen LogP contribution in [0.2, 0.25) is 0 Å². The number of nitrogens with zero attached hydrogens (tertiary/aromatic N) is 1. The smallest absolute Gasteiger partial charge is 0.258 e. The second-order valence-electron chi connectivity index (χ2n) is 1.27. The number of hydrogen-bond acceptors (Lipinski definition) is 2. The molecule has 0 aromatic rings. The molecule has 0 atom stereocenters. The predicted octanol–water partition coefficient (Wildman–Crippen LogP) is 2.06. The van der Waals surface area contributed by atoms with Crippen LogP contribution >= 0.6 is 15.9 Å². The van der Waals surface area contributed by atoms with Crippen molar-refractivity contribution in [3.63, 3.8) is 0 Å². The van der Waals surface area contributed by atoms with E-state index in [-0.39, 0.29) is 0 Å². The monoisotopic (exact) mass is 219 g/mol. The molecule has 0 rings (SSSR count). The number of nitro groups is 1. The summed E-state index contributed by atoms with van der Waals surface area (Å²) in [5.74, 6) is 0. The van der Waals surface area contributed by atoms with Gasteiger partial charge in [0.2, 0.25) is 0 Å². The van der Waals surface area contributed by atoms with Crippen molar-refractivity contribution in [3.8, 4) is 0 Å². The third-order valence-electron chi connectivity index (χ3n) is 0.457. The van der Waals surface area contributed by atoms with Gasteiger partial charge < -0.3 is 0 Å². The summed E-state index contributed by atoms with van der Waals surface area (Å²) in [6.07, 6.45) is -5.08. The van der Waals surface area contributed by atoms with Crippen molar-refractivity contribution in [1.29, 1.82) is 0 Å². The summed E-state index contributed by atoms with van der Waals surface area (Å²) >= 11 is 2.12. The SMILES string of the molecule is O=[N+]([O-])C(Br)=CC(F)(F)F. The van der Waals surface area contributed by atoms with E-state index in [9.17, 15) is 23.3 Å². The average molecular weight is 220 g/mol. The lowest BCUT2D eigenvalue weighted by atomic mass is 10.6. The van der Waals surface area contributed by atoms with Gasteiger partial charge in [-0.05, 0) is 0 Å². The van der Waals surface area contributed by atoms with Gasteiger partial charge in [0.15, 0.2) is 0 Å². The van der Waals surface area contributed by atoms with Gasteiger partial charge in [0.25, 0.3) is 0 Å². The van der Waals surface area contributed by atoms with E-state index >= 15 is 0 Å². The zero-order chi connectivity index (χ0) is 8.36. The van der Waals surface area contributed by atoms with E-state index in [0.29, 0.717) is 0 Å². The van der Waals surface area contributed by atoms with E-state index in [0.717, 1.165) is 0 Å². The fourth-order valence-corrected chi connectivity index (χ4v) is 0.447. The quantitative estimate of drug-likeness (QED) is 0.385. The maximum Gasteiger partial charge on any atom is 0.416 e. The highest BCUT2D eigenvalue weighted by Gasteiger charge is 2.28. The molecule has 0 aliphatic carbocycles. The van der Waals surface area contributed by atoms with Crippen molar-refractivity contribution < 1.29 is 18.1 Å². The molecule has 58 valence electrons. The zero-order valence-electron chi connectivity index (χ0n) is 4.35. The first-order valence-corrected chi connectivity index (χ1v) is 2.72. The Morgan fingerprint density at radius 2 is 2.00 bits per heavy atom. The number of allylic oxidation sites excluding steroid dienone is 1. The molecular weight excluding hydrogens is 219 g/mol. The molecule has 0 aliphatic heterocycles. The van der Waals surface area contributed by atoms with Crippen LogP contribution in [0, 0.1) is 10.1 Å². The third kappa shape index (κ3) is 4.30. The van der Waals surface area contributed by atoms with Crippen molar-refractivity contribution in [2.75, 3.05) is 0 Å². The van der Waals surface area contributed by atoms with E-state index in [1.54, 1.807) is 0 Å². The lowest BCUT2D eigenvalue weighted by molar-refractivity contribution is -0.410. The van der Waals surface area contributed by atoms with Gasteiger partial charge in [0.05, 0.1) is 4.92 Å². The molecule has 0 saturated heterocycles. The Hall–Kier alpha value is -0.590. The molecule has 0 radical (unpaired) electrons. The number of halogens is 4. The first-order chi connectivity index (χ1) is 4.33. The summed E-state index contributed by atoms with van der Waals surface area (Å²) in [6.45, 7) is 0. The largest absolute Gasteiger partial charge is 0.416 e. The molecule has 7 heteroatoms. The molecule has 0 heterocycles. The highest BCUT2D eigenvalue weighted by molar-refractivity contribution is 9.11. The molecule has 0 aromatic heterocycles. The lowest BCUT2D eigenvalue weighted by Gasteiger charge is -1.94. The second-order valence-corrected chi connectivity index (χ2v) is 2.08.